The molecule has 1 aromatic carbocycles. The lowest BCUT2D eigenvalue weighted by molar-refractivity contribution is -0.136. The molecule has 1 aliphatic rings. The third-order valence-electron chi connectivity index (χ3n) is 2.24. The van der Waals surface area contributed by atoms with E-state index in [1.54, 1.807) is 11.8 Å². The fraction of sp³-hybridized carbons (Fsp3) is 0.250. The number of hydrogen-bond acceptors (Lipinski definition) is 4. The smallest absolute Gasteiger partial charge is 0.336 e. The normalized spacial score (nSPS) is 19.4. The summed E-state index contributed by atoms with van der Waals surface area (Å²) in [7, 11) is 0. The minimum absolute atomic E-state index is 0.231. The van der Waals surface area contributed by atoms with Gasteiger partial charge in [-0.05, 0) is 12.1 Å². The van der Waals surface area contributed by atoms with Crippen molar-refractivity contribution in [2.75, 3.05) is 5.75 Å². The topological polar surface area (TPSA) is 38.3 Å². The van der Waals surface area contributed by atoms with Crippen LogP contribution in [0.2, 0.25) is 0 Å². The van der Waals surface area contributed by atoms with Crippen molar-refractivity contribution in [2.24, 2.45) is 0 Å². The van der Waals surface area contributed by atoms with Crippen LogP contribution in [-0.4, -0.2) is 17.8 Å². The molecule has 0 aliphatic carbocycles. The Morgan fingerprint density at radius 2 is 2.12 bits per heavy atom. The van der Waals surface area contributed by atoms with E-state index in [9.17, 15) is 4.79 Å². The number of carbonyl (C=O) groups excluding carboxylic acids is 1. The molecule has 1 fully saturated rings. The Balaban J connectivity index is 1.76. The molecule has 4 heteroatoms. The van der Waals surface area contributed by atoms with E-state index in [0.29, 0.717) is 11.6 Å². The largest absolute Gasteiger partial charge is 0.409 e. The SMILES string of the molecule is C=C1N[C@@H](CSCc2ccccc2)C(=O)O1. The van der Waals surface area contributed by atoms with Gasteiger partial charge in [0.05, 0.1) is 0 Å². The van der Waals surface area contributed by atoms with Crippen LogP contribution >= 0.6 is 11.8 Å². The van der Waals surface area contributed by atoms with Crippen LogP contribution in [0.5, 0.6) is 0 Å². The maximum absolute atomic E-state index is 11.3. The second-order valence-electron chi connectivity index (χ2n) is 3.54. The number of nitrogens with one attached hydrogen (secondary N) is 1. The van der Waals surface area contributed by atoms with E-state index in [1.165, 1.54) is 5.56 Å². The molecule has 2 rings (SSSR count). The van der Waals surface area contributed by atoms with Gasteiger partial charge in [-0.25, -0.2) is 4.79 Å². The van der Waals surface area contributed by atoms with Crippen LogP contribution in [0.1, 0.15) is 5.56 Å². The first-order valence-corrected chi connectivity index (χ1v) is 6.20. The third kappa shape index (κ3) is 2.79. The van der Waals surface area contributed by atoms with Gasteiger partial charge < -0.3 is 10.1 Å². The first-order valence-electron chi connectivity index (χ1n) is 5.04. The van der Waals surface area contributed by atoms with E-state index in [1.807, 2.05) is 18.2 Å². The number of thioether (sulfide) groups is 1. The summed E-state index contributed by atoms with van der Waals surface area (Å²) in [5, 5.41) is 2.90. The number of rotatable bonds is 4. The first kappa shape index (κ1) is 11.1. The predicted molar refractivity (Wildman–Crippen MR) is 64.8 cm³/mol. The van der Waals surface area contributed by atoms with Gasteiger partial charge in [0.15, 0.2) is 5.88 Å². The van der Waals surface area contributed by atoms with E-state index in [2.05, 4.69) is 24.0 Å². The Kier molecular flexibility index (Phi) is 3.51. The van der Waals surface area contributed by atoms with E-state index in [4.69, 9.17) is 4.74 Å². The summed E-state index contributed by atoms with van der Waals surface area (Å²) < 4.78 is 4.82. The van der Waals surface area contributed by atoms with Gasteiger partial charge in [-0.15, -0.1) is 0 Å². The van der Waals surface area contributed by atoms with E-state index in [-0.39, 0.29) is 12.0 Å². The van der Waals surface area contributed by atoms with Gasteiger partial charge >= 0.3 is 5.97 Å². The van der Waals surface area contributed by atoms with Crippen molar-refractivity contribution in [3.8, 4) is 0 Å². The highest BCUT2D eigenvalue weighted by molar-refractivity contribution is 7.98. The van der Waals surface area contributed by atoms with Crippen LogP contribution in [0, 0.1) is 0 Å². The number of benzene rings is 1. The number of esters is 1. The molecule has 1 N–H and O–H groups in total. The maximum Gasteiger partial charge on any atom is 0.336 e. The van der Waals surface area contributed by atoms with Crippen molar-refractivity contribution < 1.29 is 9.53 Å². The van der Waals surface area contributed by atoms with Crippen LogP contribution in [0.4, 0.5) is 0 Å². The molecule has 0 amide bonds. The molecule has 0 spiro atoms. The van der Waals surface area contributed by atoms with Crippen molar-refractivity contribution >= 4 is 17.7 Å². The Labute approximate surface area is 98.9 Å². The van der Waals surface area contributed by atoms with Crippen molar-refractivity contribution in [1.29, 1.82) is 0 Å². The quantitative estimate of drug-likeness (QED) is 0.809. The van der Waals surface area contributed by atoms with Crippen LogP contribution in [0.3, 0.4) is 0 Å². The molecule has 1 saturated heterocycles. The van der Waals surface area contributed by atoms with E-state index in [0.717, 1.165) is 5.75 Å². The molecule has 1 aromatic rings. The minimum atomic E-state index is -0.249. The molecule has 1 atom stereocenters. The highest BCUT2D eigenvalue weighted by atomic mass is 32.2. The lowest BCUT2D eigenvalue weighted by Crippen LogP contribution is -2.29. The fourth-order valence-corrected chi connectivity index (χ4v) is 2.45. The second kappa shape index (κ2) is 5.07. The number of ether oxygens (including phenoxy) is 1. The molecular formula is C12H13NO2S. The zero-order valence-corrected chi connectivity index (χ0v) is 9.63. The van der Waals surface area contributed by atoms with Crippen molar-refractivity contribution in [1.82, 2.24) is 5.32 Å². The number of hydrogen-bond donors (Lipinski definition) is 1. The Morgan fingerprint density at radius 3 is 2.75 bits per heavy atom. The second-order valence-corrected chi connectivity index (χ2v) is 4.57. The van der Waals surface area contributed by atoms with Gasteiger partial charge in [-0.2, -0.15) is 11.8 Å². The summed E-state index contributed by atoms with van der Waals surface area (Å²) in [5.74, 6) is 1.73. The Morgan fingerprint density at radius 1 is 1.38 bits per heavy atom. The molecule has 0 aromatic heterocycles. The van der Waals surface area contributed by atoms with E-state index >= 15 is 0 Å². The molecule has 0 unspecified atom stereocenters. The highest BCUT2D eigenvalue weighted by Crippen LogP contribution is 2.16. The Hall–Kier alpha value is -1.42. The van der Waals surface area contributed by atoms with E-state index < -0.39 is 0 Å². The lowest BCUT2D eigenvalue weighted by Gasteiger charge is -2.05. The van der Waals surface area contributed by atoms with Crippen molar-refractivity contribution in [3.63, 3.8) is 0 Å². The average Bonchev–Trinajstić information content (AvgIpc) is 2.59. The monoisotopic (exact) mass is 235 g/mol. The zero-order chi connectivity index (χ0) is 11.4. The maximum atomic E-state index is 11.3. The summed E-state index contributed by atoms with van der Waals surface area (Å²) in [6.45, 7) is 3.56. The standard InChI is InChI=1S/C12H13NO2S/c1-9-13-11(12(14)15-9)8-16-7-10-5-3-2-4-6-10/h2-6,11,13H,1,7-8H2/t11-/m0/s1. The highest BCUT2D eigenvalue weighted by Gasteiger charge is 2.28. The molecule has 0 radical (unpaired) electrons. The third-order valence-corrected chi connectivity index (χ3v) is 3.35. The fourth-order valence-electron chi connectivity index (χ4n) is 1.45. The van der Waals surface area contributed by atoms with Gasteiger partial charge in [-0.1, -0.05) is 30.3 Å². The van der Waals surface area contributed by atoms with Crippen molar-refractivity contribution in [2.45, 2.75) is 11.8 Å². The van der Waals surface area contributed by atoms with Crippen LogP contribution in [0.15, 0.2) is 42.8 Å². The lowest BCUT2D eigenvalue weighted by atomic mass is 10.2. The molecule has 84 valence electrons. The zero-order valence-electron chi connectivity index (χ0n) is 8.81. The first-order chi connectivity index (χ1) is 7.75. The van der Waals surface area contributed by atoms with Gasteiger partial charge in [0.2, 0.25) is 0 Å². The molecule has 3 nitrogen and oxygen atoms in total. The van der Waals surface area contributed by atoms with Crippen LogP contribution in [0.25, 0.3) is 0 Å². The predicted octanol–water partition coefficient (Wildman–Crippen LogP) is 1.91. The van der Waals surface area contributed by atoms with Gasteiger partial charge in [0, 0.05) is 11.5 Å². The molecule has 0 bridgehead atoms. The van der Waals surface area contributed by atoms with Crippen LogP contribution in [-0.2, 0) is 15.3 Å². The molecule has 1 heterocycles. The minimum Gasteiger partial charge on any atom is -0.409 e. The average molecular weight is 235 g/mol. The van der Waals surface area contributed by atoms with Crippen molar-refractivity contribution in [3.05, 3.63) is 48.4 Å². The van der Waals surface area contributed by atoms with Crippen LogP contribution < -0.4 is 5.32 Å². The van der Waals surface area contributed by atoms with Gasteiger partial charge in [0.25, 0.3) is 0 Å². The molecule has 16 heavy (non-hydrogen) atoms. The summed E-state index contributed by atoms with van der Waals surface area (Å²) in [4.78, 5) is 11.3. The summed E-state index contributed by atoms with van der Waals surface area (Å²) in [5.41, 5.74) is 1.26. The number of cyclic esters (lactones) is 1. The number of carbonyl (C=O) groups is 1. The van der Waals surface area contributed by atoms with Gasteiger partial charge in [0.1, 0.15) is 6.04 Å². The summed E-state index contributed by atoms with van der Waals surface area (Å²) >= 11 is 1.70. The molecule has 1 aliphatic heterocycles. The summed E-state index contributed by atoms with van der Waals surface area (Å²) in [6, 6.07) is 9.92. The molecule has 0 saturated carbocycles. The summed E-state index contributed by atoms with van der Waals surface area (Å²) in [6.07, 6.45) is 0. The van der Waals surface area contributed by atoms with Gasteiger partial charge in [-0.3, -0.25) is 0 Å². The Bertz CT molecular complexity index is 391. The molecular weight excluding hydrogens is 222 g/mol.